The molecule has 3 heteroatoms. The van der Waals surface area contributed by atoms with Crippen molar-refractivity contribution in [3.8, 4) is 0 Å². The minimum Gasteiger partial charge on any atom is -0.334 e. The van der Waals surface area contributed by atoms with Gasteiger partial charge in [-0.05, 0) is 24.8 Å². The number of carbonyl (C=O) groups is 1. The molecule has 2 heterocycles. The molecule has 0 unspecified atom stereocenters. The minimum absolute atomic E-state index is 0.0347. The summed E-state index contributed by atoms with van der Waals surface area (Å²) in [5, 5.41) is 0. The second-order valence-electron chi connectivity index (χ2n) is 4.02. The molecule has 0 bridgehead atoms. The van der Waals surface area contributed by atoms with Crippen molar-refractivity contribution in [2.45, 2.75) is 39.2 Å². The molecule has 0 spiro atoms. The van der Waals surface area contributed by atoms with Crippen LogP contribution in [0.4, 0.5) is 0 Å². The van der Waals surface area contributed by atoms with Crippen LogP contribution in [-0.2, 0) is 13.0 Å². The lowest BCUT2D eigenvalue weighted by atomic mass is 10.0. The molecule has 3 nitrogen and oxygen atoms in total. The van der Waals surface area contributed by atoms with Gasteiger partial charge >= 0.3 is 0 Å². The van der Waals surface area contributed by atoms with E-state index in [1.54, 1.807) is 6.33 Å². The second-order valence-corrected chi connectivity index (χ2v) is 4.02. The number of fused-ring (bicyclic) bond motifs is 1. The number of ketones is 1. The maximum Gasteiger partial charge on any atom is 0.208 e. The number of carbonyl (C=O) groups excluding carboxylic acids is 1. The van der Waals surface area contributed by atoms with Gasteiger partial charge in [0.05, 0.1) is 6.33 Å². The maximum atomic E-state index is 12.0. The predicted octanol–water partition coefficient (Wildman–Crippen LogP) is 2.37. The Balaban J connectivity index is 2.23. The van der Waals surface area contributed by atoms with E-state index in [0.29, 0.717) is 11.3 Å². The third-order valence-electron chi connectivity index (χ3n) is 2.85. The number of aryl methyl sites for hydroxylation is 1. The Bertz CT molecular complexity index is 404. The molecule has 0 aromatic carbocycles. The Morgan fingerprint density at radius 3 is 3.20 bits per heavy atom. The highest BCUT2D eigenvalue weighted by Gasteiger charge is 2.22. The molecule has 0 fully saturated rings. The van der Waals surface area contributed by atoms with Crippen LogP contribution < -0.4 is 0 Å². The van der Waals surface area contributed by atoms with Gasteiger partial charge < -0.3 is 4.57 Å². The zero-order valence-electron chi connectivity index (χ0n) is 9.12. The molecule has 1 aliphatic heterocycles. The fourth-order valence-corrected chi connectivity index (χ4v) is 2.05. The first kappa shape index (κ1) is 10.1. The number of hydrogen-bond donors (Lipinski definition) is 0. The molecule has 0 aliphatic carbocycles. The van der Waals surface area contributed by atoms with Crippen LogP contribution in [0.1, 0.15) is 42.4 Å². The molecule has 0 saturated heterocycles. The lowest BCUT2D eigenvalue weighted by Gasteiger charge is -2.02. The van der Waals surface area contributed by atoms with E-state index in [0.717, 1.165) is 37.9 Å². The number of rotatable bonds is 4. The summed E-state index contributed by atoms with van der Waals surface area (Å²) in [4.78, 5) is 16.2. The summed E-state index contributed by atoms with van der Waals surface area (Å²) in [7, 11) is 0. The summed E-state index contributed by atoms with van der Waals surface area (Å²) in [5.74, 6) is 0.0347. The number of hydrogen-bond acceptors (Lipinski definition) is 2. The predicted molar refractivity (Wildman–Crippen MR) is 58.9 cm³/mol. The van der Waals surface area contributed by atoms with E-state index < -0.39 is 0 Å². The van der Waals surface area contributed by atoms with Gasteiger partial charge in [0.2, 0.25) is 5.78 Å². The highest BCUT2D eigenvalue weighted by molar-refractivity contribution is 6.07. The fraction of sp³-hybridized carbons (Fsp3) is 0.500. The molecule has 0 atom stereocenters. The van der Waals surface area contributed by atoms with Gasteiger partial charge in [-0.1, -0.05) is 19.9 Å². The average molecular weight is 204 g/mol. The van der Waals surface area contributed by atoms with Crippen LogP contribution in [0, 0.1) is 0 Å². The number of aromatic nitrogens is 2. The van der Waals surface area contributed by atoms with Crippen LogP contribution in [-0.4, -0.2) is 15.3 Å². The molecule has 15 heavy (non-hydrogen) atoms. The van der Waals surface area contributed by atoms with Crippen molar-refractivity contribution < 1.29 is 4.79 Å². The minimum atomic E-state index is 0.0347. The highest BCUT2D eigenvalue weighted by Crippen LogP contribution is 2.21. The maximum absolute atomic E-state index is 12.0. The van der Waals surface area contributed by atoms with E-state index in [4.69, 9.17) is 0 Å². The SMILES string of the molecule is C=C(CCC)C(=O)c1ncn2c1CCC2. The molecular weight excluding hydrogens is 188 g/mol. The van der Waals surface area contributed by atoms with E-state index in [2.05, 4.69) is 23.1 Å². The topological polar surface area (TPSA) is 34.9 Å². The van der Waals surface area contributed by atoms with Crippen molar-refractivity contribution in [1.29, 1.82) is 0 Å². The summed E-state index contributed by atoms with van der Waals surface area (Å²) >= 11 is 0. The van der Waals surface area contributed by atoms with E-state index in [-0.39, 0.29) is 5.78 Å². The average Bonchev–Trinajstić information content (AvgIpc) is 2.77. The van der Waals surface area contributed by atoms with Crippen LogP contribution in [0.3, 0.4) is 0 Å². The van der Waals surface area contributed by atoms with E-state index in [1.807, 2.05) is 0 Å². The van der Waals surface area contributed by atoms with E-state index in [9.17, 15) is 4.79 Å². The number of Topliss-reactive ketones (excluding diaryl/α,β-unsaturated/α-hetero) is 1. The van der Waals surface area contributed by atoms with Gasteiger partial charge in [-0.25, -0.2) is 4.98 Å². The van der Waals surface area contributed by atoms with Gasteiger partial charge in [-0.3, -0.25) is 4.79 Å². The molecule has 1 aromatic rings. The first-order chi connectivity index (χ1) is 7.24. The fourth-order valence-electron chi connectivity index (χ4n) is 2.05. The van der Waals surface area contributed by atoms with Crippen LogP contribution in [0.25, 0.3) is 0 Å². The number of nitrogens with zero attached hydrogens (tertiary/aromatic N) is 2. The Kier molecular flexibility index (Phi) is 2.71. The van der Waals surface area contributed by atoms with Gasteiger partial charge in [-0.2, -0.15) is 0 Å². The van der Waals surface area contributed by atoms with Gasteiger partial charge in [0.1, 0.15) is 5.69 Å². The summed E-state index contributed by atoms with van der Waals surface area (Å²) in [6.07, 6.45) is 5.60. The second kappa shape index (κ2) is 4.01. The van der Waals surface area contributed by atoms with Crippen molar-refractivity contribution >= 4 is 5.78 Å². The lowest BCUT2D eigenvalue weighted by Crippen LogP contribution is -2.06. The molecule has 0 amide bonds. The molecule has 2 rings (SSSR count). The van der Waals surface area contributed by atoms with Gasteiger partial charge in [0, 0.05) is 12.2 Å². The standard InChI is InChI=1S/C12H16N2O/c1-3-5-9(2)12(15)11-10-6-4-7-14(10)8-13-11/h8H,2-7H2,1H3. The Labute approximate surface area is 89.8 Å². The first-order valence-corrected chi connectivity index (χ1v) is 5.50. The van der Waals surface area contributed by atoms with Crippen molar-refractivity contribution in [3.63, 3.8) is 0 Å². The van der Waals surface area contributed by atoms with Crippen molar-refractivity contribution in [2.75, 3.05) is 0 Å². The molecule has 1 aliphatic rings. The largest absolute Gasteiger partial charge is 0.334 e. The normalized spacial score (nSPS) is 13.9. The summed E-state index contributed by atoms with van der Waals surface area (Å²) in [5.41, 5.74) is 2.41. The number of imidazole rings is 1. The van der Waals surface area contributed by atoms with Crippen molar-refractivity contribution in [1.82, 2.24) is 9.55 Å². The van der Waals surface area contributed by atoms with Crippen LogP contribution >= 0.6 is 0 Å². The van der Waals surface area contributed by atoms with E-state index in [1.165, 1.54) is 0 Å². The molecule has 0 radical (unpaired) electrons. The smallest absolute Gasteiger partial charge is 0.208 e. The zero-order chi connectivity index (χ0) is 10.8. The van der Waals surface area contributed by atoms with E-state index >= 15 is 0 Å². The lowest BCUT2D eigenvalue weighted by molar-refractivity contribution is 0.102. The summed E-state index contributed by atoms with van der Waals surface area (Å²) < 4.78 is 2.08. The molecular formula is C12H16N2O. The van der Waals surface area contributed by atoms with Gasteiger partial charge in [0.25, 0.3) is 0 Å². The Morgan fingerprint density at radius 1 is 1.67 bits per heavy atom. The number of allylic oxidation sites excluding steroid dienone is 1. The molecule has 80 valence electrons. The van der Waals surface area contributed by atoms with Crippen molar-refractivity contribution in [2.24, 2.45) is 0 Å². The van der Waals surface area contributed by atoms with Crippen LogP contribution in [0.5, 0.6) is 0 Å². The highest BCUT2D eigenvalue weighted by atomic mass is 16.1. The zero-order valence-corrected chi connectivity index (χ0v) is 9.12. The quantitative estimate of drug-likeness (QED) is 0.557. The summed E-state index contributed by atoms with van der Waals surface area (Å²) in [6, 6.07) is 0. The van der Waals surface area contributed by atoms with Crippen LogP contribution in [0.15, 0.2) is 18.5 Å². The molecule has 0 saturated carbocycles. The van der Waals surface area contributed by atoms with Gasteiger partial charge in [0.15, 0.2) is 0 Å². The monoisotopic (exact) mass is 204 g/mol. The third kappa shape index (κ3) is 1.74. The summed E-state index contributed by atoms with van der Waals surface area (Å²) in [6.45, 7) is 6.87. The van der Waals surface area contributed by atoms with Crippen molar-refractivity contribution in [3.05, 3.63) is 29.9 Å². The molecule has 0 N–H and O–H groups in total. The Morgan fingerprint density at radius 2 is 2.47 bits per heavy atom. The first-order valence-electron chi connectivity index (χ1n) is 5.50. The Hall–Kier alpha value is -1.38. The van der Waals surface area contributed by atoms with Gasteiger partial charge in [-0.15, -0.1) is 0 Å². The third-order valence-corrected chi connectivity index (χ3v) is 2.85. The van der Waals surface area contributed by atoms with Crippen LogP contribution in [0.2, 0.25) is 0 Å². The molecule has 1 aromatic heterocycles.